The highest BCUT2D eigenvalue weighted by Crippen LogP contribution is 2.27. The summed E-state index contributed by atoms with van der Waals surface area (Å²) >= 11 is 3.84. The Bertz CT molecular complexity index is 313. The van der Waals surface area contributed by atoms with Crippen LogP contribution in [0.5, 0.6) is 5.75 Å². The molecule has 72 valence electrons. The average molecular weight is 209 g/mol. The molecule has 6 heteroatoms. The van der Waals surface area contributed by atoms with Gasteiger partial charge in [0.25, 0.3) is 0 Å². The van der Waals surface area contributed by atoms with E-state index < -0.39 is 6.36 Å². The minimum Gasteiger partial charge on any atom is -0.406 e. The zero-order chi connectivity index (χ0) is 10.1. The maximum absolute atomic E-state index is 11.7. The van der Waals surface area contributed by atoms with Crippen molar-refractivity contribution in [2.24, 2.45) is 0 Å². The summed E-state index contributed by atoms with van der Waals surface area (Å²) in [5.41, 5.74) is 5.64. The molecule has 0 aliphatic carbocycles. The lowest BCUT2D eigenvalue weighted by atomic mass is 10.3. The standard InChI is InChI=1S/C7H6F3NOS/c8-7(9,10)12-4-1-2-5(11)6(13)3-4/h1-3,13H,11H2. The molecule has 0 unspecified atom stereocenters. The number of hydrogen-bond acceptors (Lipinski definition) is 3. The summed E-state index contributed by atoms with van der Waals surface area (Å²) in [7, 11) is 0. The van der Waals surface area contributed by atoms with E-state index >= 15 is 0 Å². The highest BCUT2D eigenvalue weighted by atomic mass is 32.1. The second kappa shape index (κ2) is 3.37. The van der Waals surface area contributed by atoms with Crippen LogP contribution < -0.4 is 10.5 Å². The van der Waals surface area contributed by atoms with Crippen LogP contribution >= 0.6 is 12.6 Å². The van der Waals surface area contributed by atoms with E-state index in [0.29, 0.717) is 5.69 Å². The summed E-state index contributed by atoms with van der Waals surface area (Å²) in [6, 6.07) is 3.53. The largest absolute Gasteiger partial charge is 0.573 e. The molecule has 2 N–H and O–H groups in total. The van der Waals surface area contributed by atoms with E-state index in [-0.39, 0.29) is 10.6 Å². The molecule has 0 aromatic heterocycles. The first-order valence-electron chi connectivity index (χ1n) is 3.23. The zero-order valence-electron chi connectivity index (χ0n) is 6.30. The number of hydrogen-bond donors (Lipinski definition) is 2. The molecule has 0 heterocycles. The van der Waals surface area contributed by atoms with E-state index in [2.05, 4.69) is 17.4 Å². The van der Waals surface area contributed by atoms with Crippen molar-refractivity contribution in [3.8, 4) is 5.75 Å². The monoisotopic (exact) mass is 209 g/mol. The van der Waals surface area contributed by atoms with Crippen molar-refractivity contribution in [3.05, 3.63) is 18.2 Å². The molecule has 0 atom stereocenters. The van der Waals surface area contributed by atoms with Crippen molar-refractivity contribution in [2.75, 3.05) is 5.73 Å². The van der Waals surface area contributed by atoms with Crippen LogP contribution in [0.4, 0.5) is 18.9 Å². The van der Waals surface area contributed by atoms with Crippen LogP contribution in [-0.2, 0) is 0 Å². The van der Waals surface area contributed by atoms with E-state index in [0.717, 1.165) is 12.1 Å². The SMILES string of the molecule is Nc1ccc(OC(F)(F)F)cc1S. The summed E-state index contributed by atoms with van der Waals surface area (Å²) in [5.74, 6) is -0.327. The minimum atomic E-state index is -4.68. The first-order valence-corrected chi connectivity index (χ1v) is 3.67. The molecule has 0 spiro atoms. The van der Waals surface area contributed by atoms with Crippen molar-refractivity contribution < 1.29 is 17.9 Å². The summed E-state index contributed by atoms with van der Waals surface area (Å²) in [4.78, 5) is 0.252. The Hall–Kier alpha value is -1.04. The summed E-state index contributed by atoms with van der Waals surface area (Å²) in [5, 5.41) is 0. The second-order valence-corrected chi connectivity index (χ2v) is 2.75. The molecule has 1 aromatic rings. The number of nitrogens with two attached hydrogens (primary N) is 1. The predicted molar refractivity (Wildman–Crippen MR) is 44.8 cm³/mol. The maximum Gasteiger partial charge on any atom is 0.573 e. The van der Waals surface area contributed by atoms with Gasteiger partial charge in [-0.25, -0.2) is 0 Å². The third-order valence-corrected chi connectivity index (χ3v) is 1.62. The van der Waals surface area contributed by atoms with Crippen molar-refractivity contribution in [1.82, 2.24) is 0 Å². The van der Waals surface area contributed by atoms with Gasteiger partial charge in [0.15, 0.2) is 0 Å². The fourth-order valence-corrected chi connectivity index (χ4v) is 0.922. The van der Waals surface area contributed by atoms with Crippen LogP contribution in [0, 0.1) is 0 Å². The highest BCUT2D eigenvalue weighted by molar-refractivity contribution is 7.80. The predicted octanol–water partition coefficient (Wildman–Crippen LogP) is 2.46. The van der Waals surface area contributed by atoms with Gasteiger partial charge in [0.2, 0.25) is 0 Å². The zero-order valence-corrected chi connectivity index (χ0v) is 7.19. The summed E-state index contributed by atoms with van der Waals surface area (Å²) < 4.78 is 38.7. The Morgan fingerprint density at radius 3 is 2.38 bits per heavy atom. The van der Waals surface area contributed by atoms with Gasteiger partial charge in [-0.15, -0.1) is 25.8 Å². The molecular weight excluding hydrogens is 203 g/mol. The lowest BCUT2D eigenvalue weighted by molar-refractivity contribution is -0.274. The van der Waals surface area contributed by atoms with Crippen LogP contribution in [0.2, 0.25) is 0 Å². The van der Waals surface area contributed by atoms with Crippen molar-refractivity contribution >= 4 is 18.3 Å². The lowest BCUT2D eigenvalue weighted by Gasteiger charge is -2.09. The van der Waals surface area contributed by atoms with Crippen molar-refractivity contribution in [1.29, 1.82) is 0 Å². The molecular formula is C7H6F3NOS. The van der Waals surface area contributed by atoms with Crippen molar-refractivity contribution in [3.63, 3.8) is 0 Å². The molecule has 0 radical (unpaired) electrons. The molecule has 1 rings (SSSR count). The Morgan fingerprint density at radius 2 is 1.92 bits per heavy atom. The van der Waals surface area contributed by atoms with Crippen LogP contribution in [0.3, 0.4) is 0 Å². The Kier molecular flexibility index (Phi) is 2.60. The molecule has 13 heavy (non-hydrogen) atoms. The first-order chi connectivity index (χ1) is 5.88. The molecule has 0 saturated carbocycles. The molecule has 1 aromatic carbocycles. The fourth-order valence-electron chi connectivity index (χ4n) is 0.721. The van der Waals surface area contributed by atoms with Crippen LogP contribution in [-0.4, -0.2) is 6.36 Å². The molecule has 0 fully saturated rings. The number of benzene rings is 1. The molecule has 0 amide bonds. The topological polar surface area (TPSA) is 35.2 Å². The highest BCUT2D eigenvalue weighted by Gasteiger charge is 2.31. The van der Waals surface area contributed by atoms with E-state index in [1.807, 2.05) is 0 Å². The lowest BCUT2D eigenvalue weighted by Crippen LogP contribution is -2.17. The van der Waals surface area contributed by atoms with Gasteiger partial charge in [-0.1, -0.05) is 0 Å². The minimum absolute atomic E-state index is 0.252. The Morgan fingerprint density at radius 1 is 1.31 bits per heavy atom. The third kappa shape index (κ3) is 3.06. The van der Waals surface area contributed by atoms with Gasteiger partial charge < -0.3 is 10.5 Å². The Labute approximate surface area is 77.9 Å². The Balaban J connectivity index is 2.86. The van der Waals surface area contributed by atoms with E-state index in [4.69, 9.17) is 5.73 Å². The number of nitrogen functional groups attached to an aromatic ring is 1. The molecule has 0 saturated heterocycles. The van der Waals surface area contributed by atoms with E-state index in [9.17, 15) is 13.2 Å². The number of ether oxygens (including phenoxy) is 1. The van der Waals surface area contributed by atoms with Gasteiger partial charge in [0, 0.05) is 10.6 Å². The summed E-state index contributed by atoms with van der Waals surface area (Å²) in [6.45, 7) is 0. The van der Waals surface area contributed by atoms with E-state index in [1.54, 1.807) is 0 Å². The number of anilines is 1. The molecule has 0 aliphatic heterocycles. The number of alkyl halides is 3. The number of thiol groups is 1. The van der Waals surface area contributed by atoms with Gasteiger partial charge in [-0.3, -0.25) is 0 Å². The first kappa shape index (κ1) is 10.0. The van der Waals surface area contributed by atoms with Gasteiger partial charge in [-0.05, 0) is 18.2 Å². The normalized spacial score (nSPS) is 11.4. The van der Waals surface area contributed by atoms with Gasteiger partial charge in [-0.2, -0.15) is 0 Å². The summed E-state index contributed by atoms with van der Waals surface area (Å²) in [6.07, 6.45) is -4.68. The molecule has 0 aliphatic rings. The average Bonchev–Trinajstić information content (AvgIpc) is 1.94. The smallest absolute Gasteiger partial charge is 0.406 e. The molecule has 2 nitrogen and oxygen atoms in total. The number of halogens is 3. The third-order valence-electron chi connectivity index (χ3n) is 1.24. The quantitative estimate of drug-likeness (QED) is 0.550. The fraction of sp³-hybridized carbons (Fsp3) is 0.143. The van der Waals surface area contributed by atoms with E-state index in [1.165, 1.54) is 6.07 Å². The van der Waals surface area contributed by atoms with Gasteiger partial charge >= 0.3 is 6.36 Å². The maximum atomic E-state index is 11.7. The second-order valence-electron chi connectivity index (χ2n) is 2.27. The van der Waals surface area contributed by atoms with Gasteiger partial charge in [0.05, 0.1) is 0 Å². The van der Waals surface area contributed by atoms with Gasteiger partial charge in [0.1, 0.15) is 5.75 Å². The number of rotatable bonds is 1. The van der Waals surface area contributed by atoms with Crippen LogP contribution in [0.25, 0.3) is 0 Å². The van der Waals surface area contributed by atoms with Crippen LogP contribution in [0.15, 0.2) is 23.1 Å². The molecule has 0 bridgehead atoms. The van der Waals surface area contributed by atoms with Crippen LogP contribution in [0.1, 0.15) is 0 Å². The van der Waals surface area contributed by atoms with Crippen molar-refractivity contribution in [2.45, 2.75) is 11.3 Å².